The monoisotopic (exact) mass is 275 g/mol. The van der Waals surface area contributed by atoms with Gasteiger partial charge in [-0.2, -0.15) is 0 Å². The lowest BCUT2D eigenvalue weighted by Crippen LogP contribution is -2.55. The number of anilines is 1. The van der Waals surface area contributed by atoms with E-state index in [-0.39, 0.29) is 11.4 Å². The number of halogens is 1. The Kier molecular flexibility index (Phi) is 2.79. The fourth-order valence-corrected chi connectivity index (χ4v) is 3.98. The largest absolute Gasteiger partial charge is 0.363 e. The number of nitrogens with two attached hydrogens (primary N) is 1. The standard InChI is InChI=1S/C16H22FN3/c17-13-2-1-12-5-7-20(15(12)9-13)16(10-18)6-8-19(11-16)14-3-4-14/h1-2,9,14H,3-8,10-11,18H2. The van der Waals surface area contributed by atoms with E-state index in [0.717, 1.165) is 44.2 Å². The smallest absolute Gasteiger partial charge is 0.125 e. The number of rotatable bonds is 3. The van der Waals surface area contributed by atoms with Crippen molar-refractivity contribution >= 4 is 5.69 Å². The molecule has 0 amide bonds. The van der Waals surface area contributed by atoms with Crippen LogP contribution in [0.1, 0.15) is 24.8 Å². The Labute approximate surface area is 119 Å². The van der Waals surface area contributed by atoms with Crippen LogP contribution >= 0.6 is 0 Å². The molecule has 1 aromatic rings. The SMILES string of the molecule is NCC1(N2CCc3ccc(F)cc32)CCN(C2CC2)C1. The van der Waals surface area contributed by atoms with Crippen LogP contribution in [-0.2, 0) is 6.42 Å². The van der Waals surface area contributed by atoms with E-state index in [1.165, 1.54) is 18.4 Å². The predicted molar refractivity (Wildman–Crippen MR) is 78.4 cm³/mol. The van der Waals surface area contributed by atoms with Gasteiger partial charge in [0.25, 0.3) is 0 Å². The van der Waals surface area contributed by atoms with Crippen LogP contribution in [0.2, 0.25) is 0 Å². The summed E-state index contributed by atoms with van der Waals surface area (Å²) in [6.45, 7) is 3.83. The number of hydrogen-bond donors (Lipinski definition) is 1. The number of fused-ring (bicyclic) bond motifs is 1. The zero-order valence-corrected chi connectivity index (χ0v) is 11.8. The van der Waals surface area contributed by atoms with Crippen molar-refractivity contribution in [2.45, 2.75) is 37.3 Å². The van der Waals surface area contributed by atoms with E-state index < -0.39 is 0 Å². The van der Waals surface area contributed by atoms with E-state index in [1.807, 2.05) is 6.07 Å². The van der Waals surface area contributed by atoms with Gasteiger partial charge in [-0.15, -0.1) is 0 Å². The summed E-state index contributed by atoms with van der Waals surface area (Å²) in [5.74, 6) is -0.139. The van der Waals surface area contributed by atoms with Crippen molar-refractivity contribution in [2.75, 3.05) is 31.1 Å². The summed E-state index contributed by atoms with van der Waals surface area (Å²) in [6.07, 6.45) is 4.80. The molecule has 3 aliphatic rings. The van der Waals surface area contributed by atoms with Gasteiger partial charge in [0, 0.05) is 37.9 Å². The number of likely N-dealkylation sites (tertiary alicyclic amines) is 1. The summed E-state index contributed by atoms with van der Waals surface area (Å²) in [5, 5.41) is 0. The minimum Gasteiger partial charge on any atom is -0.363 e. The Balaban J connectivity index is 1.65. The highest BCUT2D eigenvalue weighted by atomic mass is 19.1. The van der Waals surface area contributed by atoms with Crippen molar-refractivity contribution in [3.8, 4) is 0 Å². The molecule has 3 nitrogen and oxygen atoms in total. The van der Waals surface area contributed by atoms with Crippen LogP contribution in [0.25, 0.3) is 0 Å². The molecule has 0 spiro atoms. The third-order valence-electron chi connectivity index (χ3n) is 5.32. The van der Waals surface area contributed by atoms with Crippen LogP contribution in [0.15, 0.2) is 18.2 Å². The summed E-state index contributed by atoms with van der Waals surface area (Å²) >= 11 is 0. The van der Waals surface area contributed by atoms with E-state index in [4.69, 9.17) is 5.73 Å². The van der Waals surface area contributed by atoms with Gasteiger partial charge in [-0.05, 0) is 43.4 Å². The zero-order chi connectivity index (χ0) is 13.7. The topological polar surface area (TPSA) is 32.5 Å². The fourth-order valence-electron chi connectivity index (χ4n) is 3.98. The third-order valence-corrected chi connectivity index (χ3v) is 5.32. The normalized spacial score (nSPS) is 30.0. The summed E-state index contributed by atoms with van der Waals surface area (Å²) in [4.78, 5) is 4.98. The van der Waals surface area contributed by atoms with Gasteiger partial charge in [-0.25, -0.2) is 4.39 Å². The van der Waals surface area contributed by atoms with Crippen LogP contribution in [0.5, 0.6) is 0 Å². The maximum absolute atomic E-state index is 13.6. The van der Waals surface area contributed by atoms with E-state index in [2.05, 4.69) is 9.80 Å². The van der Waals surface area contributed by atoms with Gasteiger partial charge in [0.05, 0.1) is 5.54 Å². The molecule has 2 heterocycles. The highest BCUT2D eigenvalue weighted by Gasteiger charge is 2.47. The van der Waals surface area contributed by atoms with Crippen molar-refractivity contribution in [3.63, 3.8) is 0 Å². The van der Waals surface area contributed by atoms with Crippen molar-refractivity contribution in [3.05, 3.63) is 29.6 Å². The van der Waals surface area contributed by atoms with Gasteiger partial charge in [-0.3, -0.25) is 4.90 Å². The van der Waals surface area contributed by atoms with Crippen molar-refractivity contribution in [1.82, 2.24) is 4.90 Å². The van der Waals surface area contributed by atoms with E-state index in [0.29, 0.717) is 6.54 Å². The van der Waals surface area contributed by atoms with Crippen LogP contribution in [0.3, 0.4) is 0 Å². The van der Waals surface area contributed by atoms with Crippen molar-refractivity contribution in [1.29, 1.82) is 0 Å². The first-order valence-corrected chi connectivity index (χ1v) is 7.72. The molecule has 0 radical (unpaired) electrons. The van der Waals surface area contributed by atoms with Crippen LogP contribution in [-0.4, -0.2) is 42.7 Å². The molecule has 1 atom stereocenters. The molecule has 108 valence electrons. The molecular formula is C16H22FN3. The van der Waals surface area contributed by atoms with Gasteiger partial charge in [0.2, 0.25) is 0 Å². The Morgan fingerprint density at radius 3 is 2.90 bits per heavy atom. The van der Waals surface area contributed by atoms with Crippen LogP contribution in [0.4, 0.5) is 10.1 Å². The van der Waals surface area contributed by atoms with Crippen molar-refractivity contribution < 1.29 is 4.39 Å². The van der Waals surface area contributed by atoms with Gasteiger partial charge in [0.1, 0.15) is 5.82 Å². The second-order valence-corrected chi connectivity index (χ2v) is 6.55. The summed E-state index contributed by atoms with van der Waals surface area (Å²) in [6, 6.07) is 5.99. The highest BCUT2D eigenvalue weighted by molar-refractivity contribution is 5.60. The average Bonchev–Trinajstić information content (AvgIpc) is 3.08. The predicted octanol–water partition coefficient (Wildman–Crippen LogP) is 1.75. The highest BCUT2D eigenvalue weighted by Crippen LogP contribution is 2.41. The molecule has 2 N–H and O–H groups in total. The van der Waals surface area contributed by atoms with E-state index >= 15 is 0 Å². The van der Waals surface area contributed by atoms with Gasteiger partial charge in [-0.1, -0.05) is 6.07 Å². The number of hydrogen-bond acceptors (Lipinski definition) is 3. The molecular weight excluding hydrogens is 253 g/mol. The molecule has 2 fully saturated rings. The zero-order valence-electron chi connectivity index (χ0n) is 11.8. The number of benzene rings is 1. The fraction of sp³-hybridized carbons (Fsp3) is 0.625. The number of nitrogens with zero attached hydrogens (tertiary/aromatic N) is 2. The molecule has 1 saturated heterocycles. The minimum absolute atomic E-state index is 0.0155. The minimum atomic E-state index is -0.139. The molecule has 1 aromatic carbocycles. The summed E-state index contributed by atoms with van der Waals surface area (Å²) in [5.41, 5.74) is 8.52. The molecule has 0 aromatic heterocycles. The quantitative estimate of drug-likeness (QED) is 0.912. The second kappa shape index (κ2) is 4.43. The first kappa shape index (κ1) is 12.6. The second-order valence-electron chi connectivity index (χ2n) is 6.55. The molecule has 0 bridgehead atoms. The van der Waals surface area contributed by atoms with Gasteiger partial charge in [0.15, 0.2) is 0 Å². The maximum Gasteiger partial charge on any atom is 0.125 e. The lowest BCUT2D eigenvalue weighted by molar-refractivity contribution is 0.297. The Bertz CT molecular complexity index is 528. The maximum atomic E-state index is 13.6. The molecule has 4 heteroatoms. The first-order valence-electron chi connectivity index (χ1n) is 7.72. The summed E-state index contributed by atoms with van der Waals surface area (Å²) in [7, 11) is 0. The summed E-state index contributed by atoms with van der Waals surface area (Å²) < 4.78 is 13.6. The molecule has 20 heavy (non-hydrogen) atoms. The van der Waals surface area contributed by atoms with E-state index in [1.54, 1.807) is 12.1 Å². The Morgan fingerprint density at radius 1 is 1.30 bits per heavy atom. The van der Waals surface area contributed by atoms with Crippen LogP contribution in [0, 0.1) is 5.82 Å². The lowest BCUT2D eigenvalue weighted by atomic mass is 9.96. The lowest BCUT2D eigenvalue weighted by Gasteiger charge is -2.40. The van der Waals surface area contributed by atoms with Crippen LogP contribution < -0.4 is 10.6 Å². The average molecular weight is 275 g/mol. The van der Waals surface area contributed by atoms with Gasteiger partial charge >= 0.3 is 0 Å². The molecule has 4 rings (SSSR count). The Hall–Kier alpha value is -1.13. The molecule has 1 aliphatic carbocycles. The molecule has 1 saturated carbocycles. The Morgan fingerprint density at radius 2 is 2.15 bits per heavy atom. The first-order chi connectivity index (χ1) is 9.72. The van der Waals surface area contributed by atoms with Crippen molar-refractivity contribution in [2.24, 2.45) is 5.73 Å². The molecule has 2 aliphatic heterocycles. The van der Waals surface area contributed by atoms with Gasteiger partial charge < -0.3 is 10.6 Å². The molecule has 1 unspecified atom stereocenters. The van der Waals surface area contributed by atoms with E-state index in [9.17, 15) is 4.39 Å². The third kappa shape index (κ3) is 1.85.